The van der Waals surface area contributed by atoms with Crippen LogP contribution in [0.5, 0.6) is 0 Å². The molecular weight excluding hydrogens is 254 g/mol. The van der Waals surface area contributed by atoms with Crippen molar-refractivity contribution < 1.29 is 9.59 Å². The Bertz CT molecular complexity index is 662. The van der Waals surface area contributed by atoms with Crippen molar-refractivity contribution in [2.45, 2.75) is 19.4 Å². The normalized spacial score (nSPS) is 18.2. The summed E-state index contributed by atoms with van der Waals surface area (Å²) < 4.78 is 0. The molecule has 2 heterocycles. The smallest absolute Gasteiger partial charge is 0.254 e. The number of rotatable bonds is 3. The number of hydrogen-bond donors (Lipinski definition) is 2. The van der Waals surface area contributed by atoms with Crippen LogP contribution in [0.15, 0.2) is 30.5 Å². The SMILES string of the molecule is CCN(C(=O)c1ccc2cc[nH]c2c1)C1CCNC1=O. The summed E-state index contributed by atoms with van der Waals surface area (Å²) in [6.45, 7) is 3.07. The van der Waals surface area contributed by atoms with Gasteiger partial charge in [-0.15, -0.1) is 0 Å². The maximum atomic E-state index is 12.6. The quantitative estimate of drug-likeness (QED) is 0.889. The standard InChI is InChI=1S/C15H17N3O2/c1-2-18(13-6-8-17-14(13)19)15(20)11-4-3-10-5-7-16-12(10)9-11/h3-5,7,9,13,16H,2,6,8H2,1H3,(H,17,19). The molecule has 0 spiro atoms. The predicted molar refractivity (Wildman–Crippen MR) is 76.4 cm³/mol. The second kappa shape index (κ2) is 5.00. The summed E-state index contributed by atoms with van der Waals surface area (Å²) in [7, 11) is 0. The number of aromatic amines is 1. The first-order valence-electron chi connectivity index (χ1n) is 6.86. The van der Waals surface area contributed by atoms with E-state index in [0.29, 0.717) is 25.1 Å². The zero-order valence-electron chi connectivity index (χ0n) is 11.3. The van der Waals surface area contributed by atoms with Gasteiger partial charge in [0.1, 0.15) is 6.04 Å². The van der Waals surface area contributed by atoms with Crippen LogP contribution in [0.25, 0.3) is 10.9 Å². The summed E-state index contributed by atoms with van der Waals surface area (Å²) in [4.78, 5) is 29.1. The number of fused-ring (bicyclic) bond motifs is 1. The number of likely N-dealkylation sites (N-methyl/N-ethyl adjacent to an activating group) is 1. The molecule has 0 bridgehead atoms. The Kier molecular flexibility index (Phi) is 3.18. The third-order valence-electron chi connectivity index (χ3n) is 3.80. The van der Waals surface area contributed by atoms with Gasteiger partial charge in [-0.2, -0.15) is 0 Å². The molecule has 1 atom stereocenters. The summed E-state index contributed by atoms with van der Waals surface area (Å²) in [5, 5.41) is 3.85. The second-order valence-corrected chi connectivity index (χ2v) is 4.97. The van der Waals surface area contributed by atoms with Crippen LogP contribution in [0.4, 0.5) is 0 Å². The Hall–Kier alpha value is -2.30. The lowest BCUT2D eigenvalue weighted by Crippen LogP contribution is -2.44. The monoisotopic (exact) mass is 271 g/mol. The van der Waals surface area contributed by atoms with E-state index in [1.807, 2.05) is 37.4 Å². The Morgan fingerprint density at radius 2 is 2.25 bits per heavy atom. The fourth-order valence-electron chi connectivity index (χ4n) is 2.73. The Labute approximate surface area is 117 Å². The minimum Gasteiger partial charge on any atom is -0.361 e. The van der Waals surface area contributed by atoms with Crippen LogP contribution in [0.3, 0.4) is 0 Å². The first-order chi connectivity index (χ1) is 9.70. The maximum absolute atomic E-state index is 12.6. The Morgan fingerprint density at radius 3 is 2.95 bits per heavy atom. The fraction of sp³-hybridized carbons (Fsp3) is 0.333. The fourth-order valence-corrected chi connectivity index (χ4v) is 2.73. The van der Waals surface area contributed by atoms with Crippen molar-refractivity contribution in [3.8, 4) is 0 Å². The number of carbonyl (C=O) groups excluding carboxylic acids is 2. The summed E-state index contributed by atoms with van der Waals surface area (Å²) in [6.07, 6.45) is 2.53. The number of aromatic nitrogens is 1. The minimum atomic E-state index is -0.341. The molecule has 1 aromatic carbocycles. The van der Waals surface area contributed by atoms with Gasteiger partial charge in [0.05, 0.1) is 0 Å². The molecule has 5 nitrogen and oxygen atoms in total. The average Bonchev–Trinajstić information content (AvgIpc) is 3.08. The molecule has 1 aliphatic rings. The Balaban J connectivity index is 1.90. The average molecular weight is 271 g/mol. The van der Waals surface area contributed by atoms with E-state index in [1.165, 1.54) is 0 Å². The minimum absolute atomic E-state index is 0.0545. The molecule has 20 heavy (non-hydrogen) atoms. The molecule has 2 aromatic rings. The van der Waals surface area contributed by atoms with E-state index in [0.717, 1.165) is 10.9 Å². The number of nitrogens with zero attached hydrogens (tertiary/aromatic N) is 1. The van der Waals surface area contributed by atoms with E-state index in [2.05, 4.69) is 10.3 Å². The molecule has 1 fully saturated rings. The van der Waals surface area contributed by atoms with Crippen molar-refractivity contribution in [1.29, 1.82) is 0 Å². The molecule has 1 aromatic heterocycles. The molecule has 104 valence electrons. The molecule has 3 rings (SSSR count). The highest BCUT2D eigenvalue weighted by Crippen LogP contribution is 2.18. The third kappa shape index (κ3) is 2.05. The molecule has 2 N–H and O–H groups in total. The number of carbonyl (C=O) groups is 2. The van der Waals surface area contributed by atoms with Crippen molar-refractivity contribution in [1.82, 2.24) is 15.2 Å². The summed E-state index contributed by atoms with van der Waals surface area (Å²) in [5.41, 5.74) is 1.55. The molecule has 1 aliphatic heterocycles. The second-order valence-electron chi connectivity index (χ2n) is 4.97. The van der Waals surface area contributed by atoms with E-state index in [-0.39, 0.29) is 17.9 Å². The number of hydrogen-bond acceptors (Lipinski definition) is 2. The van der Waals surface area contributed by atoms with Crippen LogP contribution < -0.4 is 5.32 Å². The molecule has 5 heteroatoms. The van der Waals surface area contributed by atoms with Gasteiger partial charge in [-0.1, -0.05) is 6.07 Å². The van der Waals surface area contributed by atoms with Crippen LogP contribution in [0.1, 0.15) is 23.7 Å². The van der Waals surface area contributed by atoms with E-state index >= 15 is 0 Å². The van der Waals surface area contributed by atoms with E-state index < -0.39 is 0 Å². The van der Waals surface area contributed by atoms with Crippen molar-refractivity contribution in [3.05, 3.63) is 36.0 Å². The van der Waals surface area contributed by atoms with Crippen LogP contribution in [0.2, 0.25) is 0 Å². The molecule has 2 amide bonds. The van der Waals surface area contributed by atoms with Crippen molar-refractivity contribution in [2.75, 3.05) is 13.1 Å². The van der Waals surface area contributed by atoms with Crippen LogP contribution in [-0.4, -0.2) is 40.8 Å². The Morgan fingerprint density at radius 1 is 1.40 bits per heavy atom. The molecule has 0 aliphatic carbocycles. The first-order valence-corrected chi connectivity index (χ1v) is 6.86. The van der Waals surface area contributed by atoms with E-state index in [1.54, 1.807) is 4.90 Å². The lowest BCUT2D eigenvalue weighted by Gasteiger charge is -2.25. The van der Waals surface area contributed by atoms with Gasteiger partial charge in [-0.3, -0.25) is 9.59 Å². The number of benzene rings is 1. The summed E-state index contributed by atoms with van der Waals surface area (Å²) in [5.74, 6) is -0.146. The van der Waals surface area contributed by atoms with Gasteiger partial charge in [0.15, 0.2) is 0 Å². The van der Waals surface area contributed by atoms with Crippen LogP contribution >= 0.6 is 0 Å². The van der Waals surface area contributed by atoms with Crippen molar-refractivity contribution >= 4 is 22.7 Å². The van der Waals surface area contributed by atoms with Gasteiger partial charge < -0.3 is 15.2 Å². The molecule has 0 saturated carbocycles. The third-order valence-corrected chi connectivity index (χ3v) is 3.80. The highest BCUT2D eigenvalue weighted by Gasteiger charge is 2.32. The van der Waals surface area contributed by atoms with Gasteiger partial charge in [0, 0.05) is 30.4 Å². The van der Waals surface area contributed by atoms with E-state index in [4.69, 9.17) is 0 Å². The number of H-pyrrole nitrogens is 1. The van der Waals surface area contributed by atoms with E-state index in [9.17, 15) is 9.59 Å². The zero-order valence-corrected chi connectivity index (χ0v) is 11.3. The van der Waals surface area contributed by atoms with Gasteiger partial charge in [-0.25, -0.2) is 0 Å². The molecule has 1 unspecified atom stereocenters. The highest BCUT2D eigenvalue weighted by atomic mass is 16.2. The molecular formula is C15H17N3O2. The van der Waals surface area contributed by atoms with Crippen molar-refractivity contribution in [2.24, 2.45) is 0 Å². The zero-order chi connectivity index (χ0) is 14.1. The van der Waals surface area contributed by atoms with Gasteiger partial charge in [0.2, 0.25) is 5.91 Å². The predicted octanol–water partition coefficient (Wildman–Crippen LogP) is 1.52. The summed E-state index contributed by atoms with van der Waals surface area (Å²) >= 11 is 0. The van der Waals surface area contributed by atoms with Crippen LogP contribution in [0, 0.1) is 0 Å². The van der Waals surface area contributed by atoms with Crippen LogP contribution in [-0.2, 0) is 4.79 Å². The van der Waals surface area contributed by atoms with Gasteiger partial charge in [0.25, 0.3) is 5.91 Å². The first kappa shape index (κ1) is 12.7. The van der Waals surface area contributed by atoms with Gasteiger partial charge >= 0.3 is 0 Å². The summed E-state index contributed by atoms with van der Waals surface area (Å²) in [6, 6.07) is 7.20. The maximum Gasteiger partial charge on any atom is 0.254 e. The number of nitrogens with one attached hydrogen (secondary N) is 2. The lowest BCUT2D eigenvalue weighted by atomic mass is 10.1. The lowest BCUT2D eigenvalue weighted by molar-refractivity contribution is -0.122. The highest BCUT2D eigenvalue weighted by molar-refractivity contribution is 6.00. The molecule has 0 radical (unpaired) electrons. The topological polar surface area (TPSA) is 65.2 Å². The number of amides is 2. The molecule has 1 saturated heterocycles. The van der Waals surface area contributed by atoms with Gasteiger partial charge in [-0.05, 0) is 36.9 Å². The largest absolute Gasteiger partial charge is 0.361 e. The van der Waals surface area contributed by atoms with Crippen molar-refractivity contribution in [3.63, 3.8) is 0 Å².